The van der Waals surface area contributed by atoms with Crippen LogP contribution in [0.15, 0.2) is 30.7 Å². The molecule has 2 aromatic rings. The van der Waals surface area contributed by atoms with Gasteiger partial charge in [-0.05, 0) is 37.8 Å². The van der Waals surface area contributed by atoms with Crippen LogP contribution in [0.4, 0.5) is 0 Å². The first-order chi connectivity index (χ1) is 12.2. The van der Waals surface area contributed by atoms with Crippen LogP contribution < -0.4 is 5.32 Å². The van der Waals surface area contributed by atoms with Gasteiger partial charge in [-0.15, -0.1) is 0 Å². The molecule has 1 aliphatic heterocycles. The van der Waals surface area contributed by atoms with Crippen molar-refractivity contribution in [3.05, 3.63) is 47.8 Å². The lowest BCUT2D eigenvalue weighted by atomic mass is 9.90. The van der Waals surface area contributed by atoms with Crippen LogP contribution in [0.5, 0.6) is 0 Å². The summed E-state index contributed by atoms with van der Waals surface area (Å²) in [5.74, 6) is 0.904. The van der Waals surface area contributed by atoms with Crippen LogP contribution in [0.2, 0.25) is 0 Å². The standard InChI is InChI=1S/C18H21N5O2/c1-2-23-8-7-21-17(23)16(13-4-9-25-10-5-13)22-18(24)14-3-6-20-15(11-14)12-19/h3,6-8,11,13,16H,2,4-5,9-10H2,1H3,(H,22,24). The molecule has 1 amide bonds. The number of nitrogens with zero attached hydrogens (tertiary/aromatic N) is 4. The van der Waals surface area contributed by atoms with Crippen molar-refractivity contribution in [2.45, 2.75) is 32.4 Å². The number of hydrogen-bond donors (Lipinski definition) is 1. The number of aryl methyl sites for hydroxylation is 1. The Balaban J connectivity index is 1.86. The molecule has 1 atom stereocenters. The van der Waals surface area contributed by atoms with Gasteiger partial charge in [0, 0.05) is 43.9 Å². The number of carbonyl (C=O) groups excluding carboxylic acids is 1. The summed E-state index contributed by atoms with van der Waals surface area (Å²) in [5.41, 5.74) is 0.656. The number of imidazole rings is 1. The summed E-state index contributed by atoms with van der Waals surface area (Å²) in [5, 5.41) is 12.1. The number of carbonyl (C=O) groups is 1. The molecule has 1 N–H and O–H groups in total. The van der Waals surface area contributed by atoms with Gasteiger partial charge in [-0.2, -0.15) is 5.26 Å². The third kappa shape index (κ3) is 3.86. The summed E-state index contributed by atoms with van der Waals surface area (Å²) < 4.78 is 7.51. The Morgan fingerprint density at radius 2 is 2.24 bits per heavy atom. The van der Waals surface area contributed by atoms with Gasteiger partial charge in [-0.1, -0.05) is 0 Å². The predicted molar refractivity (Wildman–Crippen MR) is 90.6 cm³/mol. The zero-order chi connectivity index (χ0) is 17.6. The van der Waals surface area contributed by atoms with Crippen LogP contribution in [-0.2, 0) is 11.3 Å². The normalized spacial score (nSPS) is 16.2. The van der Waals surface area contributed by atoms with Gasteiger partial charge in [-0.25, -0.2) is 9.97 Å². The molecule has 0 saturated carbocycles. The van der Waals surface area contributed by atoms with Gasteiger partial charge in [-0.3, -0.25) is 4.79 Å². The number of aromatic nitrogens is 3. The Kier molecular flexibility index (Phi) is 5.41. The van der Waals surface area contributed by atoms with Crippen molar-refractivity contribution in [3.8, 4) is 6.07 Å². The Bertz CT molecular complexity index is 774. The zero-order valence-electron chi connectivity index (χ0n) is 14.2. The lowest BCUT2D eigenvalue weighted by molar-refractivity contribution is 0.0498. The number of nitriles is 1. The molecule has 7 nitrogen and oxygen atoms in total. The average molecular weight is 339 g/mol. The fourth-order valence-corrected chi connectivity index (χ4v) is 3.17. The highest BCUT2D eigenvalue weighted by molar-refractivity contribution is 5.94. The molecule has 0 aliphatic carbocycles. The molecule has 3 rings (SSSR count). The Morgan fingerprint density at radius 3 is 2.96 bits per heavy atom. The maximum atomic E-state index is 12.7. The van der Waals surface area contributed by atoms with Crippen molar-refractivity contribution in [1.82, 2.24) is 19.9 Å². The van der Waals surface area contributed by atoms with E-state index >= 15 is 0 Å². The van der Waals surface area contributed by atoms with Crippen molar-refractivity contribution < 1.29 is 9.53 Å². The molecule has 0 spiro atoms. The van der Waals surface area contributed by atoms with E-state index in [1.54, 1.807) is 12.3 Å². The fraction of sp³-hybridized carbons (Fsp3) is 0.444. The van der Waals surface area contributed by atoms with Crippen molar-refractivity contribution in [1.29, 1.82) is 5.26 Å². The molecular weight excluding hydrogens is 318 g/mol. The Morgan fingerprint density at radius 1 is 1.44 bits per heavy atom. The fourth-order valence-electron chi connectivity index (χ4n) is 3.17. The number of pyridine rings is 1. The smallest absolute Gasteiger partial charge is 0.252 e. The summed E-state index contributed by atoms with van der Waals surface area (Å²) in [6.07, 6.45) is 6.91. The van der Waals surface area contributed by atoms with Gasteiger partial charge in [0.05, 0.1) is 6.04 Å². The van der Waals surface area contributed by atoms with E-state index in [1.807, 2.05) is 16.8 Å². The van der Waals surface area contributed by atoms with E-state index in [9.17, 15) is 4.79 Å². The molecule has 1 saturated heterocycles. The molecule has 3 heterocycles. The highest BCUT2D eigenvalue weighted by atomic mass is 16.5. The second-order valence-corrected chi connectivity index (χ2v) is 6.01. The SMILES string of the molecule is CCn1ccnc1C(NC(=O)c1ccnc(C#N)c1)C1CCOCC1. The maximum Gasteiger partial charge on any atom is 0.252 e. The van der Waals surface area contributed by atoms with Crippen LogP contribution in [-0.4, -0.2) is 33.7 Å². The number of nitrogens with one attached hydrogen (secondary N) is 1. The largest absolute Gasteiger partial charge is 0.381 e. The second kappa shape index (κ2) is 7.90. The predicted octanol–water partition coefficient (Wildman–Crippen LogP) is 2.07. The topological polar surface area (TPSA) is 92.8 Å². The lowest BCUT2D eigenvalue weighted by Crippen LogP contribution is -2.37. The average Bonchev–Trinajstić information content (AvgIpc) is 3.15. The van der Waals surface area contributed by atoms with Crippen molar-refractivity contribution in [2.24, 2.45) is 5.92 Å². The molecule has 2 aromatic heterocycles. The molecule has 0 radical (unpaired) electrons. The molecule has 0 bridgehead atoms. The van der Waals surface area contributed by atoms with Gasteiger partial charge in [0.15, 0.2) is 0 Å². The first-order valence-electron chi connectivity index (χ1n) is 8.48. The second-order valence-electron chi connectivity index (χ2n) is 6.01. The first kappa shape index (κ1) is 17.1. The number of hydrogen-bond acceptors (Lipinski definition) is 5. The van der Waals surface area contributed by atoms with Gasteiger partial charge in [0.1, 0.15) is 17.6 Å². The van der Waals surface area contributed by atoms with Crippen LogP contribution in [0.1, 0.15) is 47.7 Å². The van der Waals surface area contributed by atoms with E-state index in [2.05, 4.69) is 22.2 Å². The van der Waals surface area contributed by atoms with E-state index < -0.39 is 0 Å². The highest BCUT2D eigenvalue weighted by Crippen LogP contribution is 2.29. The zero-order valence-corrected chi connectivity index (χ0v) is 14.2. The van der Waals surface area contributed by atoms with Crippen molar-refractivity contribution >= 4 is 5.91 Å². The molecule has 0 aromatic carbocycles. The van der Waals surface area contributed by atoms with Gasteiger partial charge in [0.25, 0.3) is 5.91 Å². The van der Waals surface area contributed by atoms with Gasteiger partial charge < -0.3 is 14.6 Å². The minimum absolute atomic E-state index is 0.190. The number of amides is 1. The number of rotatable bonds is 5. The van der Waals surface area contributed by atoms with Crippen molar-refractivity contribution in [2.75, 3.05) is 13.2 Å². The quantitative estimate of drug-likeness (QED) is 0.900. The van der Waals surface area contributed by atoms with Gasteiger partial charge >= 0.3 is 0 Å². The summed E-state index contributed by atoms with van der Waals surface area (Å²) >= 11 is 0. The minimum Gasteiger partial charge on any atom is -0.381 e. The van der Waals surface area contributed by atoms with E-state index in [0.717, 1.165) is 25.2 Å². The van der Waals surface area contributed by atoms with Crippen LogP contribution >= 0.6 is 0 Å². The Labute approximate surface area is 146 Å². The molecule has 1 fully saturated rings. The summed E-state index contributed by atoms with van der Waals surface area (Å²) in [6, 6.07) is 4.89. The molecule has 1 unspecified atom stereocenters. The maximum absolute atomic E-state index is 12.7. The van der Waals surface area contributed by atoms with Crippen molar-refractivity contribution in [3.63, 3.8) is 0 Å². The third-order valence-corrected chi connectivity index (χ3v) is 4.53. The Hall–Kier alpha value is -2.72. The third-order valence-electron chi connectivity index (χ3n) is 4.53. The van der Waals surface area contributed by atoms with Crippen LogP contribution in [0.3, 0.4) is 0 Å². The molecule has 130 valence electrons. The minimum atomic E-state index is -0.221. The van der Waals surface area contributed by atoms with E-state index in [1.165, 1.54) is 12.3 Å². The molecule has 25 heavy (non-hydrogen) atoms. The molecule has 7 heteroatoms. The summed E-state index contributed by atoms with van der Waals surface area (Å²) in [7, 11) is 0. The van der Waals surface area contributed by atoms with E-state index in [0.29, 0.717) is 18.8 Å². The monoisotopic (exact) mass is 339 g/mol. The van der Waals surface area contributed by atoms with E-state index in [4.69, 9.17) is 10.00 Å². The molecular formula is C18H21N5O2. The van der Waals surface area contributed by atoms with Crippen LogP contribution in [0, 0.1) is 17.2 Å². The first-order valence-corrected chi connectivity index (χ1v) is 8.48. The van der Waals surface area contributed by atoms with E-state index in [-0.39, 0.29) is 23.6 Å². The summed E-state index contributed by atoms with van der Waals surface area (Å²) in [4.78, 5) is 21.1. The molecule has 1 aliphatic rings. The van der Waals surface area contributed by atoms with Crippen LogP contribution in [0.25, 0.3) is 0 Å². The number of ether oxygens (including phenoxy) is 1. The highest BCUT2D eigenvalue weighted by Gasteiger charge is 2.30. The van der Waals surface area contributed by atoms with Gasteiger partial charge in [0.2, 0.25) is 0 Å². The summed E-state index contributed by atoms with van der Waals surface area (Å²) in [6.45, 7) is 4.23. The lowest BCUT2D eigenvalue weighted by Gasteiger charge is -2.31.